The van der Waals surface area contributed by atoms with Crippen LogP contribution in [0.4, 0.5) is 5.69 Å². The molecule has 0 saturated heterocycles. The third-order valence-corrected chi connectivity index (χ3v) is 5.94. The fourth-order valence-electron chi connectivity index (χ4n) is 3.07. The van der Waals surface area contributed by atoms with Gasteiger partial charge in [-0.3, -0.25) is 4.72 Å². The van der Waals surface area contributed by atoms with Crippen molar-refractivity contribution in [3.8, 4) is 6.07 Å². The summed E-state index contributed by atoms with van der Waals surface area (Å²) in [4.78, 5) is 12.1. The van der Waals surface area contributed by atoms with E-state index in [1.165, 1.54) is 36.8 Å². The Morgan fingerprint density at radius 1 is 1.32 bits per heavy atom. The number of rotatable bonds is 7. The molecule has 0 radical (unpaired) electrons. The van der Waals surface area contributed by atoms with Crippen LogP contribution in [0.25, 0.3) is 11.6 Å². The molecule has 28 heavy (non-hydrogen) atoms. The molecule has 1 aromatic heterocycles. The average molecular weight is 394 g/mol. The minimum absolute atomic E-state index is 0.377. The first-order chi connectivity index (χ1) is 13.5. The van der Waals surface area contributed by atoms with Crippen molar-refractivity contribution in [1.82, 2.24) is 14.7 Å². The monoisotopic (exact) mass is 393 g/mol. The molecule has 3 rings (SSSR count). The number of nitrogens with one attached hydrogen (secondary N) is 1. The van der Waals surface area contributed by atoms with Crippen molar-refractivity contribution in [2.24, 2.45) is 0 Å². The SMILES string of the molecule is Cc1ccc(/C(C#N)=C/c2ncc(SNC(C)C)cn2)c(N(C)C2CCC2)c1. The van der Waals surface area contributed by atoms with E-state index >= 15 is 0 Å². The number of anilines is 1. The Hall–Kier alpha value is -2.36. The second kappa shape index (κ2) is 9.22. The van der Waals surface area contributed by atoms with Crippen LogP contribution in [0.2, 0.25) is 0 Å². The summed E-state index contributed by atoms with van der Waals surface area (Å²) in [5, 5.41) is 9.82. The van der Waals surface area contributed by atoms with E-state index in [1.54, 1.807) is 18.5 Å². The first-order valence-corrected chi connectivity index (χ1v) is 10.5. The van der Waals surface area contributed by atoms with Crippen LogP contribution in [0.5, 0.6) is 0 Å². The first-order valence-electron chi connectivity index (χ1n) is 9.68. The molecule has 1 N–H and O–H groups in total. The van der Waals surface area contributed by atoms with Crippen molar-refractivity contribution in [2.75, 3.05) is 11.9 Å². The van der Waals surface area contributed by atoms with E-state index in [-0.39, 0.29) is 0 Å². The summed E-state index contributed by atoms with van der Waals surface area (Å²) in [6.45, 7) is 6.26. The average Bonchev–Trinajstić information content (AvgIpc) is 2.64. The fourth-order valence-corrected chi connectivity index (χ4v) is 3.65. The van der Waals surface area contributed by atoms with Crippen LogP contribution in [-0.2, 0) is 0 Å². The van der Waals surface area contributed by atoms with Crippen LogP contribution in [-0.4, -0.2) is 29.1 Å². The lowest BCUT2D eigenvalue weighted by Crippen LogP contribution is -2.37. The van der Waals surface area contributed by atoms with Gasteiger partial charge in [-0.05, 0) is 63.6 Å². The van der Waals surface area contributed by atoms with Gasteiger partial charge in [-0.1, -0.05) is 12.1 Å². The standard InChI is InChI=1S/C22H27N5S/c1-15(2)26-28-19-13-24-22(25-14-19)11-17(12-23)20-9-8-16(3)10-21(20)27(4)18-6-5-7-18/h8-11,13-15,18,26H,5-7H2,1-4H3/b17-11+. The highest BCUT2D eigenvalue weighted by atomic mass is 32.2. The number of aryl methyl sites for hydroxylation is 1. The van der Waals surface area contributed by atoms with Gasteiger partial charge in [0, 0.05) is 48.9 Å². The van der Waals surface area contributed by atoms with Gasteiger partial charge in [0.05, 0.1) is 16.5 Å². The smallest absolute Gasteiger partial charge is 0.153 e. The molecule has 1 aliphatic carbocycles. The zero-order valence-electron chi connectivity index (χ0n) is 16.9. The van der Waals surface area contributed by atoms with Crippen molar-refractivity contribution < 1.29 is 0 Å². The number of allylic oxidation sites excluding steroid dienone is 1. The Morgan fingerprint density at radius 3 is 2.61 bits per heavy atom. The van der Waals surface area contributed by atoms with Gasteiger partial charge in [0.15, 0.2) is 5.82 Å². The number of hydrogen-bond donors (Lipinski definition) is 1. The number of hydrogen-bond acceptors (Lipinski definition) is 6. The number of nitrogens with zero attached hydrogens (tertiary/aromatic N) is 4. The van der Waals surface area contributed by atoms with Gasteiger partial charge in [-0.2, -0.15) is 5.26 Å². The van der Waals surface area contributed by atoms with Gasteiger partial charge in [0.25, 0.3) is 0 Å². The molecule has 0 unspecified atom stereocenters. The van der Waals surface area contributed by atoms with Gasteiger partial charge < -0.3 is 4.90 Å². The molecule has 1 aliphatic rings. The zero-order valence-corrected chi connectivity index (χ0v) is 17.8. The fraction of sp³-hybridized carbons (Fsp3) is 0.409. The Balaban J connectivity index is 1.88. The summed E-state index contributed by atoms with van der Waals surface area (Å²) in [6.07, 6.45) is 9.03. The third kappa shape index (κ3) is 4.92. The van der Waals surface area contributed by atoms with Crippen molar-refractivity contribution in [2.45, 2.75) is 57.0 Å². The zero-order chi connectivity index (χ0) is 20.1. The molecule has 6 heteroatoms. The minimum Gasteiger partial charge on any atom is -0.371 e. The normalized spacial score (nSPS) is 14.6. The lowest BCUT2D eigenvalue weighted by Gasteiger charge is -2.37. The van der Waals surface area contributed by atoms with Crippen LogP contribution in [0, 0.1) is 18.3 Å². The highest BCUT2D eigenvalue weighted by Crippen LogP contribution is 2.34. The summed E-state index contributed by atoms with van der Waals surface area (Å²) in [5.41, 5.74) is 3.82. The van der Waals surface area contributed by atoms with Gasteiger partial charge in [0.1, 0.15) is 0 Å². The minimum atomic E-state index is 0.377. The molecule has 1 fully saturated rings. The van der Waals surface area contributed by atoms with Gasteiger partial charge in [-0.25, -0.2) is 9.97 Å². The van der Waals surface area contributed by atoms with Gasteiger partial charge in [-0.15, -0.1) is 0 Å². The molecule has 5 nitrogen and oxygen atoms in total. The maximum absolute atomic E-state index is 9.82. The summed E-state index contributed by atoms with van der Waals surface area (Å²) < 4.78 is 3.27. The second-order valence-electron chi connectivity index (χ2n) is 7.54. The topological polar surface area (TPSA) is 64.8 Å². The van der Waals surface area contributed by atoms with E-state index in [1.807, 2.05) is 6.07 Å². The van der Waals surface area contributed by atoms with E-state index in [2.05, 4.69) is 65.6 Å². The van der Waals surface area contributed by atoms with Crippen molar-refractivity contribution >= 4 is 29.3 Å². The van der Waals surface area contributed by atoms with Crippen LogP contribution < -0.4 is 9.62 Å². The van der Waals surface area contributed by atoms with E-state index in [0.717, 1.165) is 16.1 Å². The van der Waals surface area contributed by atoms with Crippen LogP contribution in [0.15, 0.2) is 35.5 Å². The lowest BCUT2D eigenvalue weighted by atomic mass is 9.90. The summed E-state index contributed by atoms with van der Waals surface area (Å²) in [7, 11) is 2.13. The molecule has 146 valence electrons. The predicted molar refractivity (Wildman–Crippen MR) is 117 cm³/mol. The molecule has 0 atom stereocenters. The lowest BCUT2D eigenvalue weighted by molar-refractivity contribution is 0.401. The maximum Gasteiger partial charge on any atom is 0.153 e. The predicted octanol–water partition coefficient (Wildman–Crippen LogP) is 4.84. The summed E-state index contributed by atoms with van der Waals surface area (Å²) >= 11 is 1.51. The molecule has 2 aromatic rings. The van der Waals surface area contributed by atoms with Crippen molar-refractivity contribution in [3.05, 3.63) is 47.5 Å². The van der Waals surface area contributed by atoms with Crippen molar-refractivity contribution in [1.29, 1.82) is 5.26 Å². The molecule has 0 spiro atoms. The van der Waals surface area contributed by atoms with E-state index in [4.69, 9.17) is 0 Å². The maximum atomic E-state index is 9.82. The third-order valence-electron chi connectivity index (χ3n) is 4.90. The van der Waals surface area contributed by atoms with Crippen LogP contribution >= 0.6 is 11.9 Å². The molecular weight excluding hydrogens is 366 g/mol. The molecule has 0 aliphatic heterocycles. The van der Waals surface area contributed by atoms with E-state index < -0.39 is 0 Å². The molecular formula is C22H27N5S. The Bertz CT molecular complexity index is 879. The van der Waals surface area contributed by atoms with Crippen LogP contribution in [0.3, 0.4) is 0 Å². The van der Waals surface area contributed by atoms with Crippen LogP contribution in [0.1, 0.15) is 50.1 Å². The quantitative estimate of drug-likeness (QED) is 0.536. The highest BCUT2D eigenvalue weighted by molar-refractivity contribution is 7.97. The Morgan fingerprint density at radius 2 is 2.04 bits per heavy atom. The van der Waals surface area contributed by atoms with Gasteiger partial charge >= 0.3 is 0 Å². The highest BCUT2D eigenvalue weighted by Gasteiger charge is 2.24. The number of benzene rings is 1. The molecule has 0 amide bonds. The Kier molecular flexibility index (Phi) is 6.71. The summed E-state index contributed by atoms with van der Waals surface area (Å²) in [6, 6.07) is 9.53. The number of nitriles is 1. The Labute approximate surface area is 172 Å². The molecule has 1 heterocycles. The first kappa shape index (κ1) is 20.4. The molecule has 1 saturated carbocycles. The van der Waals surface area contributed by atoms with Gasteiger partial charge in [0.2, 0.25) is 0 Å². The van der Waals surface area contributed by atoms with E-state index in [0.29, 0.717) is 23.5 Å². The second-order valence-corrected chi connectivity index (χ2v) is 8.45. The number of aromatic nitrogens is 2. The molecule has 0 bridgehead atoms. The van der Waals surface area contributed by atoms with E-state index in [9.17, 15) is 5.26 Å². The molecule has 1 aromatic carbocycles. The summed E-state index contributed by atoms with van der Waals surface area (Å²) in [5.74, 6) is 0.545. The van der Waals surface area contributed by atoms with Crippen molar-refractivity contribution in [3.63, 3.8) is 0 Å². The largest absolute Gasteiger partial charge is 0.371 e.